The molecule has 0 saturated carbocycles. The zero-order valence-corrected chi connectivity index (χ0v) is 74.5. The number of benzene rings is 9. The second kappa shape index (κ2) is 50.5. The first-order valence-electron chi connectivity index (χ1n) is 45.8. The van der Waals surface area contributed by atoms with Crippen LogP contribution >= 0.6 is 0 Å². The zero-order chi connectivity index (χ0) is 87.5. The van der Waals surface area contributed by atoms with Crippen molar-refractivity contribution in [3.63, 3.8) is 0 Å². The molecule has 24 bridgehead atoms. The van der Waals surface area contributed by atoms with Gasteiger partial charge in [0.1, 0.15) is 5.75 Å². The fourth-order valence-corrected chi connectivity index (χ4v) is 14.6. The summed E-state index contributed by atoms with van der Waals surface area (Å²) in [6.07, 6.45) is 26.3. The molecule has 0 aliphatic carbocycles. The molecule has 22 aromatic rings. The summed E-state index contributed by atoms with van der Waals surface area (Å²) in [4.78, 5) is 14.7. The van der Waals surface area contributed by atoms with Gasteiger partial charge in [-0.1, -0.05) is 258 Å². The van der Waals surface area contributed by atoms with Crippen LogP contribution in [0.4, 0.5) is 0 Å². The van der Waals surface area contributed by atoms with Crippen molar-refractivity contribution in [2.45, 2.75) is 189 Å². The molecular weight excluding hydrogens is 1550 g/mol. The van der Waals surface area contributed by atoms with E-state index < -0.39 is 0 Å². The van der Waals surface area contributed by atoms with Gasteiger partial charge in [0.15, 0.2) is 0 Å². The molecule has 0 saturated heterocycles. The number of unbranched alkanes of at least 4 members (excludes halogenated alkanes) is 15. The maximum absolute atomic E-state index is 6.55. The van der Waals surface area contributed by atoms with Crippen LogP contribution in [0, 0.1) is 97.1 Å². The van der Waals surface area contributed by atoms with Crippen LogP contribution in [0.2, 0.25) is 0 Å². The molecule has 8 nitrogen and oxygen atoms in total. The van der Waals surface area contributed by atoms with E-state index in [2.05, 4.69) is 259 Å². The smallest absolute Gasteiger partial charge is 0.120 e. The normalized spacial score (nSPS) is 10.6. The van der Waals surface area contributed by atoms with Crippen LogP contribution in [0.1, 0.15) is 185 Å². The van der Waals surface area contributed by atoms with Gasteiger partial charge >= 0.3 is 0 Å². The van der Waals surface area contributed by atoms with Crippen molar-refractivity contribution in [3.05, 3.63) is 362 Å². The Hall–Kier alpha value is -13.5. The Kier molecular flexibility index (Phi) is 36.3. The molecule has 13 heterocycles. The van der Waals surface area contributed by atoms with Crippen LogP contribution in [-0.2, 0) is 45.4 Å². The van der Waals surface area contributed by atoms with E-state index in [0.29, 0.717) is 59.5 Å². The number of nitrogens with zero attached hydrogens (tertiary/aromatic N) is 3. The van der Waals surface area contributed by atoms with Crippen molar-refractivity contribution in [2.75, 3.05) is 33.0 Å². The average Bonchev–Trinajstić information content (AvgIpc) is 0.813. The van der Waals surface area contributed by atoms with E-state index in [4.69, 9.17) is 38.6 Å². The van der Waals surface area contributed by atoms with Crippen LogP contribution in [0.25, 0.3) is 130 Å². The highest BCUT2D eigenvalue weighted by molar-refractivity contribution is 5.94. The van der Waals surface area contributed by atoms with E-state index in [1.807, 2.05) is 103 Å². The summed E-state index contributed by atoms with van der Waals surface area (Å²) in [6.45, 7) is 16.5. The Morgan fingerprint density at radius 3 is 0.709 bits per heavy atom. The minimum Gasteiger partial charge on any atom is -0.494 e. The number of aromatic nitrogens is 3. The molecule has 13 aromatic heterocycles. The van der Waals surface area contributed by atoms with E-state index in [9.17, 15) is 0 Å². The predicted octanol–water partition coefficient (Wildman–Crippen LogP) is 30.4. The highest BCUT2D eigenvalue weighted by atomic mass is 16.5. The molecule has 0 atom stereocenters. The van der Waals surface area contributed by atoms with Crippen molar-refractivity contribution >= 4 is 130 Å². The molecule has 0 aliphatic rings. The Balaban J connectivity index is 0.887. The summed E-state index contributed by atoms with van der Waals surface area (Å²) in [6, 6.07) is 134. The summed E-state index contributed by atoms with van der Waals surface area (Å²) in [5, 5.41) is 17.9. The van der Waals surface area contributed by atoms with Crippen molar-refractivity contribution < 1.29 is 23.7 Å². The Bertz CT molecular complexity index is 6000. The number of hydrogen-bond acceptors (Lipinski definition) is 8. The van der Waals surface area contributed by atoms with Gasteiger partial charge in [0.05, 0.1) is 55.1 Å². The highest BCUT2D eigenvalue weighted by Crippen LogP contribution is 2.27. The third-order valence-corrected chi connectivity index (χ3v) is 21.6. The van der Waals surface area contributed by atoms with Gasteiger partial charge < -0.3 is 23.7 Å². The van der Waals surface area contributed by atoms with Crippen LogP contribution in [-0.4, -0.2) is 48.0 Å². The lowest BCUT2D eigenvalue weighted by atomic mass is 10.1. The lowest BCUT2D eigenvalue weighted by Gasteiger charge is -2.08. The van der Waals surface area contributed by atoms with Gasteiger partial charge in [-0.05, 0) is 276 Å². The molecule has 0 fully saturated rings. The zero-order valence-electron chi connectivity index (χ0n) is 74.5. The molecule has 0 spiro atoms. The average molecular weight is 1670 g/mol. The molecule has 0 N–H and O–H groups in total. The first kappa shape index (κ1) is 91.3. The van der Waals surface area contributed by atoms with Crippen LogP contribution in [0.5, 0.6) is 5.75 Å². The van der Waals surface area contributed by atoms with Crippen molar-refractivity contribution in [3.8, 4) is 5.75 Å². The monoisotopic (exact) mass is 1660 g/mol. The SMILES string of the molecule is CCCCCCOCc1cc2c#cc3ccc(c#cc4cc(COCCCCCC)cc(c#cc5ccc(nc5)c5cccc(n5)c5ccc(c#cc6cc(COCCCCCC)cc(c#cc7ccc(c#cc8cc(COCCCCCC)cc(c#cc9ccc(cc9)c9cc(OCCCCCC)cc(c9)c9ccc(c#cc(c1)c2)cc9)c8)cc7)c6)cn5)c4)cc3. The third kappa shape index (κ3) is 30.7. The molecule has 0 aliphatic heterocycles. The molecule has 634 valence electrons. The van der Waals surface area contributed by atoms with E-state index in [-0.39, 0.29) is 0 Å². The predicted molar refractivity (Wildman–Crippen MR) is 526 cm³/mol. The Morgan fingerprint density at radius 1 is 0.205 bits per heavy atom. The minimum atomic E-state index is 0.462. The van der Waals surface area contributed by atoms with Gasteiger partial charge in [-0.15, -0.1) is 0 Å². The van der Waals surface area contributed by atoms with E-state index in [0.717, 1.165) is 228 Å². The largest absolute Gasteiger partial charge is 0.494 e. The quantitative estimate of drug-likeness (QED) is 0.0369. The highest BCUT2D eigenvalue weighted by Gasteiger charge is 2.06. The molecular formula is C119H113N3O5. The molecule has 0 unspecified atom stereocenters. The fraction of sp³-hybridized carbons (Fsp3) is 0.286. The van der Waals surface area contributed by atoms with Gasteiger partial charge in [0, 0.05) is 125 Å². The molecule has 127 heavy (non-hydrogen) atoms. The van der Waals surface area contributed by atoms with Crippen LogP contribution < -0.4 is 4.74 Å². The van der Waals surface area contributed by atoms with E-state index >= 15 is 0 Å². The van der Waals surface area contributed by atoms with Gasteiger partial charge in [-0.25, -0.2) is 4.98 Å². The van der Waals surface area contributed by atoms with E-state index in [1.54, 1.807) is 12.4 Å². The lowest BCUT2D eigenvalue weighted by Crippen LogP contribution is -1.97. The molecule has 9 aromatic carbocycles. The Morgan fingerprint density at radius 2 is 0.449 bits per heavy atom. The molecule has 22 rings (SSSR count). The lowest BCUT2D eigenvalue weighted by molar-refractivity contribution is 0.117. The van der Waals surface area contributed by atoms with Gasteiger partial charge in [-0.2, -0.15) is 0 Å². The molecule has 8 heteroatoms. The van der Waals surface area contributed by atoms with Gasteiger partial charge in [-0.3, -0.25) is 9.97 Å². The second-order valence-electron chi connectivity index (χ2n) is 32.4. The second-order valence-corrected chi connectivity index (χ2v) is 32.4. The van der Waals surface area contributed by atoms with Crippen LogP contribution in [0.3, 0.4) is 0 Å². The van der Waals surface area contributed by atoms with Gasteiger partial charge in [0.25, 0.3) is 0 Å². The van der Waals surface area contributed by atoms with Gasteiger partial charge in [0.2, 0.25) is 0 Å². The van der Waals surface area contributed by atoms with Crippen molar-refractivity contribution in [1.82, 2.24) is 15.0 Å². The van der Waals surface area contributed by atoms with E-state index in [1.165, 1.54) is 57.8 Å². The summed E-state index contributed by atoms with van der Waals surface area (Å²) < 4.78 is 31.5. The van der Waals surface area contributed by atoms with Crippen molar-refractivity contribution in [1.29, 1.82) is 0 Å². The Labute approximate surface area is 754 Å². The van der Waals surface area contributed by atoms with Crippen molar-refractivity contribution in [2.24, 2.45) is 0 Å². The number of rotatable bonds is 34. The summed E-state index contributed by atoms with van der Waals surface area (Å²) >= 11 is 0. The summed E-state index contributed by atoms with van der Waals surface area (Å²) in [5.41, 5.74) is 6.96. The van der Waals surface area contributed by atoms with Crippen LogP contribution in [0.15, 0.2) is 243 Å². The third-order valence-electron chi connectivity index (χ3n) is 21.6. The number of hydrogen-bond donors (Lipinski definition) is 0. The number of pyridine rings is 3. The first-order valence-corrected chi connectivity index (χ1v) is 45.8. The topological polar surface area (TPSA) is 84.8 Å². The maximum atomic E-state index is 6.55. The molecule has 0 amide bonds. The summed E-state index contributed by atoms with van der Waals surface area (Å²) in [7, 11) is 0. The summed E-state index contributed by atoms with van der Waals surface area (Å²) in [5.74, 6) is 0.836. The first-order chi connectivity index (χ1) is 62.6. The molecule has 0 radical (unpaired) electrons. The minimum absolute atomic E-state index is 0.462. The maximum Gasteiger partial charge on any atom is 0.120 e. The fourth-order valence-electron chi connectivity index (χ4n) is 14.6. The number of ether oxygens (including phenoxy) is 5. The standard InChI is InChI=1S/C119H113N3O5/c1-6-11-16-21-65-123-87-107-74-99-45-37-91-29-33-93(34-30-91)39-47-101-72-105(80-109(76-101)89-125-67-23-18-13-8-3)51-43-97-57-63-116(120-85-97)118-27-26-28-119(122-118)117-64-58-98(86-121-117)44-52-106-73-102(77-110(81-106)90-126-68-24-19-14-9-4)48-40-94-35-31-92(32-36-94)38-46-100-71-104(79-108(75-100)88-124-66-22-17-12-7-2)50-42-96-55-61-112(62-56-96)114-82-113(83-115(84-114)127-69-25-20-15-10-5)111-59-53-95(54-60-111)41-49-103(70-99)78-107/h26-36,53-64,70-86H,6-25,65-69,87-90H2,1-5H3.